The van der Waals surface area contributed by atoms with Gasteiger partial charge >= 0.3 is 0 Å². The number of carbonyl (C=O) groups excluding carboxylic acids is 1. The minimum atomic E-state index is 0.0305. The number of rotatable bonds is 3. The van der Waals surface area contributed by atoms with Crippen LogP contribution in [0.15, 0.2) is 36.7 Å². The number of likely N-dealkylation sites (N-methyl/N-ethyl adjacent to an activating group) is 1. The zero-order chi connectivity index (χ0) is 19.5. The number of amides is 1. The van der Waals surface area contributed by atoms with Crippen molar-refractivity contribution < 1.29 is 4.79 Å². The van der Waals surface area contributed by atoms with Crippen LogP contribution in [-0.4, -0.2) is 85.1 Å². The molecule has 1 aromatic heterocycles. The maximum Gasteiger partial charge on any atom is 0.254 e. The van der Waals surface area contributed by atoms with Gasteiger partial charge in [-0.3, -0.25) is 4.79 Å². The van der Waals surface area contributed by atoms with Gasteiger partial charge in [0.25, 0.3) is 5.91 Å². The number of halogens is 1. The van der Waals surface area contributed by atoms with E-state index in [2.05, 4.69) is 37.8 Å². The van der Waals surface area contributed by atoms with Crippen LogP contribution >= 0.6 is 11.6 Å². The van der Waals surface area contributed by atoms with Crippen molar-refractivity contribution >= 4 is 29.1 Å². The summed E-state index contributed by atoms with van der Waals surface area (Å²) in [5.74, 6) is 1.94. The number of aromatic nitrogens is 2. The van der Waals surface area contributed by atoms with Crippen LogP contribution in [0.25, 0.3) is 0 Å². The highest BCUT2D eigenvalue weighted by molar-refractivity contribution is 6.30. The molecule has 2 aromatic rings. The molecule has 28 heavy (non-hydrogen) atoms. The van der Waals surface area contributed by atoms with Crippen LogP contribution in [0.3, 0.4) is 0 Å². The zero-order valence-corrected chi connectivity index (χ0v) is 16.8. The van der Waals surface area contributed by atoms with Crippen LogP contribution < -0.4 is 9.80 Å². The van der Waals surface area contributed by atoms with Gasteiger partial charge in [0.05, 0.1) is 0 Å². The average Bonchev–Trinajstić information content (AvgIpc) is 2.74. The highest BCUT2D eigenvalue weighted by Gasteiger charge is 2.24. The Hall–Kier alpha value is -2.38. The monoisotopic (exact) mass is 400 g/mol. The second-order valence-electron chi connectivity index (χ2n) is 7.31. The van der Waals surface area contributed by atoms with Crippen molar-refractivity contribution in [1.82, 2.24) is 19.8 Å². The molecule has 0 bridgehead atoms. The van der Waals surface area contributed by atoms with Crippen LogP contribution in [0, 0.1) is 0 Å². The molecule has 0 atom stereocenters. The fraction of sp³-hybridized carbons (Fsp3) is 0.450. The number of benzene rings is 1. The van der Waals surface area contributed by atoms with Crippen LogP contribution in [0.4, 0.5) is 11.6 Å². The highest BCUT2D eigenvalue weighted by Crippen LogP contribution is 2.21. The molecule has 4 rings (SSSR count). The lowest BCUT2D eigenvalue weighted by atomic mass is 10.2. The SMILES string of the molecule is CN1CCN(c2cc(N3CCN(C(=O)c4cccc(Cl)c4)CC3)ncn2)CC1. The van der Waals surface area contributed by atoms with Gasteiger partial charge in [-0.2, -0.15) is 0 Å². The summed E-state index contributed by atoms with van der Waals surface area (Å²) in [5.41, 5.74) is 0.639. The summed E-state index contributed by atoms with van der Waals surface area (Å²) in [5, 5.41) is 0.585. The molecule has 1 amide bonds. The molecule has 0 saturated carbocycles. The second kappa shape index (κ2) is 8.32. The number of hydrogen-bond donors (Lipinski definition) is 0. The molecule has 0 radical (unpaired) electrons. The molecule has 0 aliphatic carbocycles. The summed E-state index contributed by atoms with van der Waals surface area (Å²) >= 11 is 6.02. The van der Waals surface area contributed by atoms with E-state index in [0.29, 0.717) is 23.7 Å². The van der Waals surface area contributed by atoms with Crippen molar-refractivity contribution in [3.8, 4) is 0 Å². The number of piperazine rings is 2. The molecule has 2 aliphatic heterocycles. The van der Waals surface area contributed by atoms with Crippen LogP contribution in [0.2, 0.25) is 5.02 Å². The Labute approximate surface area is 170 Å². The highest BCUT2D eigenvalue weighted by atomic mass is 35.5. The molecule has 1 aromatic carbocycles. The topological polar surface area (TPSA) is 55.8 Å². The normalized spacial score (nSPS) is 18.4. The average molecular weight is 401 g/mol. The van der Waals surface area contributed by atoms with Crippen LogP contribution in [0.5, 0.6) is 0 Å². The summed E-state index contributed by atoms with van der Waals surface area (Å²) in [6.07, 6.45) is 1.65. The van der Waals surface area contributed by atoms with E-state index in [1.165, 1.54) is 0 Å². The Morgan fingerprint density at radius 2 is 1.50 bits per heavy atom. The molecule has 0 N–H and O–H groups in total. The lowest BCUT2D eigenvalue weighted by Gasteiger charge is -2.36. The molecule has 0 spiro atoms. The van der Waals surface area contributed by atoms with Gasteiger partial charge in [0.15, 0.2) is 0 Å². The fourth-order valence-corrected chi connectivity index (χ4v) is 3.85. The molecular weight excluding hydrogens is 376 g/mol. The largest absolute Gasteiger partial charge is 0.354 e. The maximum absolute atomic E-state index is 12.7. The maximum atomic E-state index is 12.7. The van der Waals surface area contributed by atoms with E-state index >= 15 is 0 Å². The molecule has 2 fully saturated rings. The van der Waals surface area contributed by atoms with Crippen molar-refractivity contribution in [2.75, 3.05) is 69.2 Å². The summed E-state index contributed by atoms with van der Waals surface area (Å²) in [6, 6.07) is 9.20. The Morgan fingerprint density at radius 1 is 0.893 bits per heavy atom. The first-order valence-electron chi connectivity index (χ1n) is 9.65. The number of carbonyl (C=O) groups is 1. The van der Waals surface area contributed by atoms with Gasteiger partial charge in [-0.05, 0) is 25.2 Å². The third-order valence-electron chi connectivity index (χ3n) is 5.43. The standard InChI is InChI=1S/C20H25ClN6O/c1-24-5-7-25(8-6-24)18-14-19(23-15-22-18)26-9-11-27(12-10-26)20(28)16-3-2-4-17(21)13-16/h2-4,13-15H,5-12H2,1H3. The fourth-order valence-electron chi connectivity index (χ4n) is 3.66. The number of anilines is 2. The molecule has 2 aliphatic rings. The number of hydrogen-bond acceptors (Lipinski definition) is 6. The van der Waals surface area contributed by atoms with E-state index in [1.807, 2.05) is 17.0 Å². The lowest BCUT2D eigenvalue weighted by Crippen LogP contribution is -2.49. The van der Waals surface area contributed by atoms with Crippen LogP contribution in [0.1, 0.15) is 10.4 Å². The third kappa shape index (κ3) is 4.20. The summed E-state index contributed by atoms with van der Waals surface area (Å²) in [6.45, 7) is 6.90. The van der Waals surface area contributed by atoms with E-state index in [-0.39, 0.29) is 5.91 Å². The van der Waals surface area contributed by atoms with E-state index in [0.717, 1.165) is 50.9 Å². The van der Waals surface area contributed by atoms with Gasteiger partial charge in [-0.1, -0.05) is 17.7 Å². The van der Waals surface area contributed by atoms with Crippen molar-refractivity contribution in [2.45, 2.75) is 0 Å². The Morgan fingerprint density at radius 3 is 2.11 bits per heavy atom. The first-order chi connectivity index (χ1) is 13.6. The van der Waals surface area contributed by atoms with E-state index < -0.39 is 0 Å². The molecule has 8 heteroatoms. The van der Waals surface area contributed by atoms with E-state index in [1.54, 1.807) is 18.5 Å². The third-order valence-corrected chi connectivity index (χ3v) is 5.66. The van der Waals surface area contributed by atoms with Crippen molar-refractivity contribution in [3.63, 3.8) is 0 Å². The van der Waals surface area contributed by atoms with Gasteiger partial charge in [0.1, 0.15) is 18.0 Å². The summed E-state index contributed by atoms with van der Waals surface area (Å²) in [7, 11) is 2.15. The Balaban J connectivity index is 1.38. The second-order valence-corrected chi connectivity index (χ2v) is 7.75. The predicted octanol–water partition coefficient (Wildman–Crippen LogP) is 1.84. The Bertz CT molecular complexity index is 831. The quantitative estimate of drug-likeness (QED) is 0.783. The van der Waals surface area contributed by atoms with Crippen molar-refractivity contribution in [3.05, 3.63) is 47.2 Å². The molecule has 148 valence electrons. The first kappa shape index (κ1) is 19.0. The number of nitrogens with zero attached hydrogens (tertiary/aromatic N) is 6. The summed E-state index contributed by atoms with van der Waals surface area (Å²) < 4.78 is 0. The van der Waals surface area contributed by atoms with Gasteiger partial charge in [-0.25, -0.2) is 9.97 Å². The molecule has 7 nitrogen and oxygen atoms in total. The van der Waals surface area contributed by atoms with Crippen LogP contribution in [-0.2, 0) is 0 Å². The summed E-state index contributed by atoms with van der Waals surface area (Å²) in [4.78, 5) is 30.4. The van der Waals surface area contributed by atoms with Gasteiger partial charge < -0.3 is 19.6 Å². The minimum absolute atomic E-state index is 0.0305. The predicted molar refractivity (Wildman–Crippen MR) is 111 cm³/mol. The van der Waals surface area contributed by atoms with Gasteiger partial charge in [-0.15, -0.1) is 0 Å². The van der Waals surface area contributed by atoms with E-state index in [4.69, 9.17) is 11.6 Å². The van der Waals surface area contributed by atoms with Crippen molar-refractivity contribution in [2.24, 2.45) is 0 Å². The van der Waals surface area contributed by atoms with Gasteiger partial charge in [0, 0.05) is 69.0 Å². The van der Waals surface area contributed by atoms with Crippen molar-refractivity contribution in [1.29, 1.82) is 0 Å². The first-order valence-corrected chi connectivity index (χ1v) is 10.0. The molecule has 3 heterocycles. The lowest BCUT2D eigenvalue weighted by molar-refractivity contribution is 0.0746. The van der Waals surface area contributed by atoms with E-state index in [9.17, 15) is 4.79 Å². The zero-order valence-electron chi connectivity index (χ0n) is 16.1. The smallest absolute Gasteiger partial charge is 0.254 e. The molecule has 0 unspecified atom stereocenters. The minimum Gasteiger partial charge on any atom is -0.354 e. The molecule has 2 saturated heterocycles. The molecular formula is C20H25ClN6O. The Kier molecular flexibility index (Phi) is 5.64. The van der Waals surface area contributed by atoms with Gasteiger partial charge in [0.2, 0.25) is 0 Å².